The molecule has 0 unspecified atom stereocenters. The van der Waals surface area contributed by atoms with Gasteiger partial charge in [0.1, 0.15) is 0 Å². The van der Waals surface area contributed by atoms with Crippen LogP contribution in [0.3, 0.4) is 0 Å². The topological polar surface area (TPSA) is 101 Å². The van der Waals surface area contributed by atoms with Gasteiger partial charge in [-0.05, 0) is 42.7 Å². The summed E-state index contributed by atoms with van der Waals surface area (Å²) in [5.74, 6) is -0.549. The monoisotopic (exact) mass is 470 g/mol. The molecular formula is C18H16Cl2N4O3S2. The second-order valence-corrected chi connectivity index (χ2v) is 9.70. The minimum absolute atomic E-state index is 0.0295. The lowest BCUT2D eigenvalue weighted by atomic mass is 10.1. The smallest absolute Gasteiger partial charge is 0.291 e. The third-order valence-electron chi connectivity index (χ3n) is 4.01. The molecule has 0 aliphatic rings. The largest absolute Gasteiger partial charge is 0.296 e. The Bertz CT molecular complexity index is 1180. The number of nitrogens with zero attached hydrogens (tertiary/aromatic N) is 2. The molecule has 0 spiro atoms. The maximum Gasteiger partial charge on any atom is 0.291 e. The van der Waals surface area contributed by atoms with Gasteiger partial charge in [-0.15, -0.1) is 10.2 Å². The van der Waals surface area contributed by atoms with E-state index in [1.807, 2.05) is 32.0 Å². The highest BCUT2D eigenvalue weighted by Gasteiger charge is 2.23. The average Bonchev–Trinajstić information content (AvgIpc) is 3.12. The van der Waals surface area contributed by atoms with Crippen LogP contribution in [-0.4, -0.2) is 24.5 Å². The van der Waals surface area contributed by atoms with E-state index in [9.17, 15) is 13.2 Å². The SMILES string of the molecule is CCc1cccc(C)c1NS(=O)(=O)c1nnc(NC(=O)c2ccc(Cl)cc2Cl)s1. The number of aryl methyl sites for hydroxylation is 2. The van der Waals surface area contributed by atoms with Crippen molar-refractivity contribution in [2.75, 3.05) is 10.0 Å². The lowest BCUT2D eigenvalue weighted by Crippen LogP contribution is -2.15. The van der Waals surface area contributed by atoms with Crippen molar-refractivity contribution in [2.24, 2.45) is 0 Å². The molecule has 2 aromatic carbocycles. The van der Waals surface area contributed by atoms with Gasteiger partial charge >= 0.3 is 0 Å². The van der Waals surface area contributed by atoms with Crippen molar-refractivity contribution in [3.05, 3.63) is 63.1 Å². The van der Waals surface area contributed by atoms with Crippen LogP contribution in [0.15, 0.2) is 40.7 Å². The normalized spacial score (nSPS) is 11.3. The van der Waals surface area contributed by atoms with E-state index in [2.05, 4.69) is 20.2 Å². The van der Waals surface area contributed by atoms with Gasteiger partial charge in [-0.25, -0.2) is 0 Å². The summed E-state index contributed by atoms with van der Waals surface area (Å²) >= 11 is 12.6. The molecule has 3 aromatic rings. The van der Waals surface area contributed by atoms with Gasteiger partial charge in [-0.2, -0.15) is 8.42 Å². The average molecular weight is 471 g/mol. The summed E-state index contributed by atoms with van der Waals surface area (Å²) in [5.41, 5.74) is 2.36. The van der Waals surface area contributed by atoms with E-state index in [1.165, 1.54) is 18.2 Å². The number of halogens is 2. The molecule has 0 saturated carbocycles. The second kappa shape index (κ2) is 8.66. The van der Waals surface area contributed by atoms with Gasteiger partial charge in [0.15, 0.2) is 0 Å². The summed E-state index contributed by atoms with van der Waals surface area (Å²) in [7, 11) is -3.96. The maximum absolute atomic E-state index is 12.7. The van der Waals surface area contributed by atoms with E-state index >= 15 is 0 Å². The van der Waals surface area contributed by atoms with E-state index in [0.717, 1.165) is 22.5 Å². The van der Waals surface area contributed by atoms with E-state index in [-0.39, 0.29) is 20.1 Å². The summed E-state index contributed by atoms with van der Waals surface area (Å²) in [6.45, 7) is 3.76. The zero-order chi connectivity index (χ0) is 21.2. The highest BCUT2D eigenvalue weighted by molar-refractivity contribution is 7.94. The third-order valence-corrected chi connectivity index (χ3v) is 7.11. The molecule has 2 N–H and O–H groups in total. The second-order valence-electron chi connectivity index (χ2n) is 6.02. The highest BCUT2D eigenvalue weighted by atomic mass is 35.5. The Morgan fingerprint density at radius 3 is 2.62 bits per heavy atom. The van der Waals surface area contributed by atoms with Crippen molar-refractivity contribution in [3.63, 3.8) is 0 Å². The van der Waals surface area contributed by atoms with E-state index in [0.29, 0.717) is 17.1 Å². The number of anilines is 2. The first-order valence-electron chi connectivity index (χ1n) is 8.42. The van der Waals surface area contributed by atoms with Crippen LogP contribution >= 0.6 is 34.5 Å². The maximum atomic E-state index is 12.7. The molecule has 1 aromatic heterocycles. The predicted molar refractivity (Wildman–Crippen MR) is 116 cm³/mol. The van der Waals surface area contributed by atoms with Gasteiger partial charge in [0, 0.05) is 5.02 Å². The van der Waals surface area contributed by atoms with Crippen LogP contribution in [0.4, 0.5) is 10.8 Å². The molecule has 1 heterocycles. The van der Waals surface area contributed by atoms with Crippen LogP contribution in [-0.2, 0) is 16.4 Å². The van der Waals surface area contributed by atoms with Gasteiger partial charge in [-0.1, -0.05) is 59.7 Å². The molecule has 0 aliphatic carbocycles. The number of amides is 1. The van der Waals surface area contributed by atoms with Crippen LogP contribution in [0, 0.1) is 6.92 Å². The number of hydrogen-bond donors (Lipinski definition) is 2. The Morgan fingerprint density at radius 2 is 1.93 bits per heavy atom. The Hall–Kier alpha value is -2.20. The summed E-state index contributed by atoms with van der Waals surface area (Å²) in [6, 6.07) is 9.96. The third kappa shape index (κ3) is 4.87. The van der Waals surface area contributed by atoms with Gasteiger partial charge in [0.05, 0.1) is 16.3 Å². The molecular weight excluding hydrogens is 455 g/mol. The summed E-state index contributed by atoms with van der Waals surface area (Å²) < 4.78 is 27.8. The number of para-hydroxylation sites is 1. The standard InChI is InChI=1S/C18H16Cl2N4O3S2/c1-3-11-6-4-5-10(2)15(11)24-29(26,27)18-23-22-17(28-18)21-16(25)13-8-7-12(19)9-14(13)20/h4-9,24H,3H2,1-2H3,(H,21,22,25). The van der Waals surface area contributed by atoms with Crippen LogP contribution in [0.25, 0.3) is 0 Å². The van der Waals surface area contributed by atoms with Crippen molar-refractivity contribution in [1.82, 2.24) is 10.2 Å². The number of rotatable bonds is 6. The molecule has 11 heteroatoms. The van der Waals surface area contributed by atoms with Crippen LogP contribution < -0.4 is 10.0 Å². The molecule has 0 fully saturated rings. The fraction of sp³-hybridized carbons (Fsp3) is 0.167. The van der Waals surface area contributed by atoms with Gasteiger partial charge < -0.3 is 0 Å². The lowest BCUT2D eigenvalue weighted by Gasteiger charge is -2.12. The first-order valence-corrected chi connectivity index (χ1v) is 11.5. The highest BCUT2D eigenvalue weighted by Crippen LogP contribution is 2.28. The molecule has 0 atom stereocenters. The Kier molecular flexibility index (Phi) is 6.42. The van der Waals surface area contributed by atoms with Gasteiger partial charge in [0.2, 0.25) is 5.13 Å². The van der Waals surface area contributed by atoms with Gasteiger partial charge in [-0.3, -0.25) is 14.8 Å². The molecule has 152 valence electrons. The van der Waals surface area contributed by atoms with Crippen molar-refractivity contribution < 1.29 is 13.2 Å². The number of carbonyl (C=O) groups excluding carboxylic acids is 1. The first-order chi connectivity index (χ1) is 13.7. The van der Waals surface area contributed by atoms with Crippen LogP contribution in [0.1, 0.15) is 28.4 Å². The molecule has 7 nitrogen and oxygen atoms in total. The van der Waals surface area contributed by atoms with E-state index in [1.54, 1.807) is 0 Å². The first kappa shape index (κ1) is 21.5. The number of sulfonamides is 1. The minimum Gasteiger partial charge on any atom is -0.296 e. The van der Waals surface area contributed by atoms with Crippen molar-refractivity contribution >= 4 is 61.3 Å². The zero-order valence-corrected chi connectivity index (χ0v) is 18.5. The summed E-state index contributed by atoms with van der Waals surface area (Å²) in [5, 5.41) is 10.5. The minimum atomic E-state index is -3.96. The number of aromatic nitrogens is 2. The molecule has 0 bridgehead atoms. The van der Waals surface area contributed by atoms with Crippen LogP contribution in [0.5, 0.6) is 0 Å². The Labute approximate surface area is 182 Å². The summed E-state index contributed by atoms with van der Waals surface area (Å²) in [4.78, 5) is 12.4. The summed E-state index contributed by atoms with van der Waals surface area (Å²) in [6.07, 6.45) is 0.665. The van der Waals surface area contributed by atoms with Crippen molar-refractivity contribution in [3.8, 4) is 0 Å². The number of benzene rings is 2. The molecule has 29 heavy (non-hydrogen) atoms. The molecule has 0 saturated heterocycles. The van der Waals surface area contributed by atoms with Gasteiger partial charge in [0.25, 0.3) is 20.3 Å². The lowest BCUT2D eigenvalue weighted by molar-refractivity contribution is 0.102. The number of hydrogen-bond acceptors (Lipinski definition) is 6. The van der Waals surface area contributed by atoms with Crippen LogP contribution in [0.2, 0.25) is 10.0 Å². The Balaban J connectivity index is 1.81. The molecule has 0 radical (unpaired) electrons. The zero-order valence-electron chi connectivity index (χ0n) is 15.4. The molecule has 1 amide bonds. The quantitative estimate of drug-likeness (QED) is 0.505. The molecule has 0 aliphatic heterocycles. The number of nitrogens with one attached hydrogen (secondary N) is 2. The van der Waals surface area contributed by atoms with E-state index < -0.39 is 15.9 Å². The van der Waals surface area contributed by atoms with E-state index in [4.69, 9.17) is 23.2 Å². The number of carbonyl (C=O) groups is 1. The fourth-order valence-corrected chi connectivity index (χ4v) is 5.12. The Morgan fingerprint density at radius 1 is 1.17 bits per heavy atom. The predicted octanol–water partition coefficient (Wildman–Crippen LogP) is 4.77. The van der Waals surface area contributed by atoms with Crippen molar-refractivity contribution in [1.29, 1.82) is 0 Å². The van der Waals surface area contributed by atoms with Crippen molar-refractivity contribution in [2.45, 2.75) is 24.6 Å². The fourth-order valence-electron chi connectivity index (χ4n) is 2.55. The molecule has 3 rings (SSSR count).